The van der Waals surface area contributed by atoms with Gasteiger partial charge in [0.15, 0.2) is 5.76 Å². The molecule has 0 spiro atoms. The molecule has 1 aromatic heterocycles. The van der Waals surface area contributed by atoms with Gasteiger partial charge in [-0.1, -0.05) is 25.5 Å². The number of carbonyl (C=O) groups excluding carboxylic acids is 1. The number of nitrogens with zero attached hydrogens (tertiary/aromatic N) is 2. The number of furan rings is 1. The van der Waals surface area contributed by atoms with Crippen LogP contribution >= 0.6 is 0 Å². The molecule has 27 heavy (non-hydrogen) atoms. The van der Waals surface area contributed by atoms with E-state index < -0.39 is 0 Å². The molecule has 2 bridgehead atoms. The highest BCUT2D eigenvalue weighted by Crippen LogP contribution is 2.59. The molecule has 2 aliphatic heterocycles. The Balaban J connectivity index is 1.25. The SMILES string of the molecule is CC1(C)[C@H]2CC=C(CN3CCC[C@@H]4CN(C(=O)c5ccco5)CC[C@@H]43)[C@@H]1C2. The Kier molecular flexibility index (Phi) is 4.23. The number of allylic oxidation sites excluding steroid dienone is 1. The molecule has 2 saturated heterocycles. The molecule has 1 amide bonds. The third kappa shape index (κ3) is 2.88. The maximum absolute atomic E-state index is 12.7. The molecule has 4 heteroatoms. The highest BCUT2D eigenvalue weighted by Gasteiger charge is 2.51. The van der Waals surface area contributed by atoms with Crippen LogP contribution in [0.4, 0.5) is 0 Å². The second-order valence-corrected chi connectivity index (χ2v) is 9.78. The van der Waals surface area contributed by atoms with Gasteiger partial charge < -0.3 is 9.32 Å². The van der Waals surface area contributed by atoms with Crippen LogP contribution in [0.2, 0.25) is 0 Å². The second-order valence-electron chi connectivity index (χ2n) is 9.78. The lowest BCUT2D eigenvalue weighted by Crippen LogP contribution is -2.57. The zero-order valence-corrected chi connectivity index (χ0v) is 16.7. The quantitative estimate of drug-likeness (QED) is 0.751. The molecule has 4 nitrogen and oxygen atoms in total. The molecule has 3 fully saturated rings. The van der Waals surface area contributed by atoms with Crippen LogP contribution in [0.5, 0.6) is 0 Å². The van der Waals surface area contributed by atoms with E-state index >= 15 is 0 Å². The predicted octanol–water partition coefficient (Wildman–Crippen LogP) is 4.20. The maximum atomic E-state index is 12.7. The third-order valence-corrected chi connectivity index (χ3v) is 8.17. The van der Waals surface area contributed by atoms with Crippen molar-refractivity contribution in [1.82, 2.24) is 9.80 Å². The number of fused-ring (bicyclic) bond motifs is 2. The van der Waals surface area contributed by atoms with Gasteiger partial charge in [0.2, 0.25) is 0 Å². The fourth-order valence-corrected chi connectivity index (χ4v) is 6.33. The molecule has 4 atom stereocenters. The molecule has 3 aliphatic carbocycles. The van der Waals surface area contributed by atoms with Gasteiger partial charge in [-0.3, -0.25) is 9.69 Å². The van der Waals surface area contributed by atoms with Crippen molar-refractivity contribution in [2.24, 2.45) is 23.2 Å². The van der Waals surface area contributed by atoms with Gasteiger partial charge in [-0.05, 0) is 74.0 Å². The zero-order chi connectivity index (χ0) is 18.6. The Hall–Kier alpha value is -1.55. The van der Waals surface area contributed by atoms with Crippen LogP contribution in [0.15, 0.2) is 34.5 Å². The average molecular weight is 369 g/mol. The highest BCUT2D eigenvalue weighted by molar-refractivity contribution is 5.91. The lowest BCUT2D eigenvalue weighted by atomic mass is 9.49. The largest absolute Gasteiger partial charge is 0.459 e. The Morgan fingerprint density at radius 2 is 2.19 bits per heavy atom. The predicted molar refractivity (Wildman–Crippen MR) is 105 cm³/mol. The van der Waals surface area contributed by atoms with Crippen LogP contribution in [-0.4, -0.2) is 47.9 Å². The number of hydrogen-bond acceptors (Lipinski definition) is 3. The van der Waals surface area contributed by atoms with E-state index in [1.54, 1.807) is 24.0 Å². The van der Waals surface area contributed by atoms with E-state index in [-0.39, 0.29) is 5.91 Å². The highest BCUT2D eigenvalue weighted by atomic mass is 16.3. The Bertz CT molecular complexity index is 736. The van der Waals surface area contributed by atoms with Crippen molar-refractivity contribution in [3.05, 3.63) is 35.8 Å². The van der Waals surface area contributed by atoms with Gasteiger partial charge in [0.1, 0.15) is 0 Å². The minimum atomic E-state index is 0.0628. The lowest BCUT2D eigenvalue weighted by Gasteiger charge is -2.57. The maximum Gasteiger partial charge on any atom is 0.289 e. The smallest absolute Gasteiger partial charge is 0.289 e. The Labute approximate surface area is 162 Å². The van der Waals surface area contributed by atoms with Gasteiger partial charge in [0.25, 0.3) is 5.91 Å². The minimum absolute atomic E-state index is 0.0628. The van der Waals surface area contributed by atoms with Gasteiger partial charge >= 0.3 is 0 Å². The van der Waals surface area contributed by atoms with Crippen molar-refractivity contribution in [2.45, 2.75) is 52.0 Å². The van der Waals surface area contributed by atoms with Crippen molar-refractivity contribution in [3.8, 4) is 0 Å². The number of amides is 1. The Morgan fingerprint density at radius 1 is 1.30 bits per heavy atom. The van der Waals surface area contributed by atoms with Gasteiger partial charge in [0.05, 0.1) is 6.26 Å². The van der Waals surface area contributed by atoms with Gasteiger partial charge in [-0.25, -0.2) is 0 Å². The minimum Gasteiger partial charge on any atom is -0.459 e. The average Bonchev–Trinajstić information content (AvgIpc) is 3.22. The summed E-state index contributed by atoms with van der Waals surface area (Å²) >= 11 is 0. The zero-order valence-electron chi connectivity index (χ0n) is 16.7. The van der Waals surface area contributed by atoms with E-state index in [9.17, 15) is 4.79 Å². The fourth-order valence-electron chi connectivity index (χ4n) is 6.33. The third-order valence-electron chi connectivity index (χ3n) is 8.17. The molecule has 0 radical (unpaired) electrons. The van der Waals surface area contributed by atoms with Crippen molar-refractivity contribution in [3.63, 3.8) is 0 Å². The van der Waals surface area contributed by atoms with Crippen LogP contribution in [0, 0.1) is 23.2 Å². The number of hydrogen-bond donors (Lipinski definition) is 0. The van der Waals surface area contributed by atoms with Crippen LogP contribution in [0.25, 0.3) is 0 Å². The molecular weight excluding hydrogens is 336 g/mol. The van der Waals surface area contributed by atoms with Crippen molar-refractivity contribution >= 4 is 5.91 Å². The first-order chi connectivity index (χ1) is 13.0. The summed E-state index contributed by atoms with van der Waals surface area (Å²) in [6.07, 6.45) is 10.4. The summed E-state index contributed by atoms with van der Waals surface area (Å²) < 4.78 is 5.33. The summed E-state index contributed by atoms with van der Waals surface area (Å²) in [4.78, 5) is 17.4. The summed E-state index contributed by atoms with van der Waals surface area (Å²) in [6, 6.07) is 4.22. The molecule has 0 unspecified atom stereocenters. The topological polar surface area (TPSA) is 36.7 Å². The first-order valence-electron chi connectivity index (χ1n) is 10.8. The van der Waals surface area contributed by atoms with Crippen molar-refractivity contribution < 1.29 is 9.21 Å². The molecule has 1 aromatic rings. The number of rotatable bonds is 3. The summed E-state index contributed by atoms with van der Waals surface area (Å²) in [5.74, 6) is 2.87. The molecule has 5 aliphatic rings. The van der Waals surface area contributed by atoms with Crippen LogP contribution in [0.3, 0.4) is 0 Å². The van der Waals surface area contributed by atoms with E-state index in [0.29, 0.717) is 23.1 Å². The fraction of sp³-hybridized carbons (Fsp3) is 0.696. The van der Waals surface area contributed by atoms with E-state index in [1.807, 2.05) is 4.90 Å². The standard InChI is InChI=1S/C23H32N2O2/c1-23(2)18-8-7-16(19(23)13-18)14-24-10-3-5-17-15-25(11-9-20(17)24)22(26)21-6-4-12-27-21/h4,6-7,12,17-20H,3,5,8-11,13-15H2,1-2H3/t17-,18+,19+,20+/m1/s1. The molecule has 3 heterocycles. The molecule has 0 aromatic carbocycles. The van der Waals surface area contributed by atoms with Crippen LogP contribution in [0.1, 0.15) is 56.5 Å². The molecular formula is C23H32N2O2. The summed E-state index contributed by atoms with van der Waals surface area (Å²) in [5, 5.41) is 0. The Morgan fingerprint density at radius 3 is 2.93 bits per heavy atom. The first-order valence-corrected chi connectivity index (χ1v) is 10.8. The summed E-state index contributed by atoms with van der Waals surface area (Å²) in [5.41, 5.74) is 2.22. The summed E-state index contributed by atoms with van der Waals surface area (Å²) in [6.45, 7) is 9.06. The van der Waals surface area contributed by atoms with Crippen LogP contribution < -0.4 is 0 Å². The monoisotopic (exact) mass is 368 g/mol. The van der Waals surface area contributed by atoms with E-state index in [0.717, 1.165) is 37.9 Å². The summed E-state index contributed by atoms with van der Waals surface area (Å²) in [7, 11) is 0. The van der Waals surface area contributed by atoms with Gasteiger partial charge in [-0.2, -0.15) is 0 Å². The first kappa shape index (κ1) is 17.5. The lowest BCUT2D eigenvalue weighted by molar-refractivity contribution is -0.0197. The number of carbonyl (C=O) groups is 1. The molecule has 146 valence electrons. The van der Waals surface area contributed by atoms with Gasteiger partial charge in [-0.15, -0.1) is 0 Å². The number of likely N-dealkylation sites (tertiary alicyclic amines) is 2. The number of piperidine rings is 2. The van der Waals surface area contributed by atoms with E-state index in [4.69, 9.17) is 4.42 Å². The van der Waals surface area contributed by atoms with Crippen LogP contribution in [-0.2, 0) is 0 Å². The van der Waals surface area contributed by atoms with Gasteiger partial charge in [0, 0.05) is 25.7 Å². The normalized spacial score (nSPS) is 35.2. The van der Waals surface area contributed by atoms with E-state index in [2.05, 4.69) is 24.8 Å². The second kappa shape index (κ2) is 6.51. The van der Waals surface area contributed by atoms with Crippen molar-refractivity contribution in [1.29, 1.82) is 0 Å². The van der Waals surface area contributed by atoms with E-state index in [1.165, 1.54) is 32.2 Å². The molecule has 1 saturated carbocycles. The molecule has 0 N–H and O–H groups in total. The molecule has 6 rings (SSSR count). The van der Waals surface area contributed by atoms with Crippen molar-refractivity contribution in [2.75, 3.05) is 26.2 Å².